The summed E-state index contributed by atoms with van der Waals surface area (Å²) in [5.74, 6) is 0.665. The molecule has 1 heterocycles. The predicted octanol–water partition coefficient (Wildman–Crippen LogP) is 10.5. The molecule has 0 aliphatic carbocycles. The molecular weight excluding hydrogens is 534 g/mol. The van der Waals surface area contributed by atoms with Crippen molar-refractivity contribution in [3.63, 3.8) is 0 Å². The van der Waals surface area contributed by atoms with E-state index in [9.17, 15) is 5.26 Å². The first-order valence-corrected chi connectivity index (χ1v) is 14.6. The lowest BCUT2D eigenvalue weighted by atomic mass is 9.89. The van der Waals surface area contributed by atoms with Gasteiger partial charge in [0.1, 0.15) is 0 Å². The van der Waals surface area contributed by atoms with Crippen molar-refractivity contribution < 1.29 is 0 Å². The minimum atomic E-state index is 0.621. The van der Waals surface area contributed by atoms with Gasteiger partial charge in [0.25, 0.3) is 0 Å². The predicted molar refractivity (Wildman–Crippen MR) is 181 cm³/mol. The average Bonchev–Trinajstić information content (AvgIpc) is 3.11. The van der Waals surface area contributed by atoms with Gasteiger partial charge >= 0.3 is 0 Å². The quantitative estimate of drug-likeness (QED) is 0.159. The van der Waals surface area contributed by atoms with Crippen LogP contribution in [0.3, 0.4) is 0 Å². The first kappa shape index (κ1) is 25.6. The largest absolute Gasteiger partial charge is 0.228 e. The summed E-state index contributed by atoms with van der Waals surface area (Å²) in [6.45, 7) is 0. The third-order valence-corrected chi connectivity index (χ3v) is 8.31. The number of nitriles is 1. The first-order valence-electron chi connectivity index (χ1n) is 14.6. The van der Waals surface area contributed by atoms with Crippen LogP contribution in [0.5, 0.6) is 0 Å². The molecule has 8 aromatic rings. The molecule has 1 aromatic heterocycles. The fourth-order valence-electron chi connectivity index (χ4n) is 6.11. The van der Waals surface area contributed by atoms with E-state index >= 15 is 0 Å². The van der Waals surface area contributed by atoms with Gasteiger partial charge in [-0.25, -0.2) is 9.97 Å². The smallest absolute Gasteiger partial charge is 0.160 e. The van der Waals surface area contributed by atoms with Crippen molar-refractivity contribution in [3.05, 3.63) is 157 Å². The van der Waals surface area contributed by atoms with Crippen molar-refractivity contribution in [1.29, 1.82) is 5.26 Å². The van der Waals surface area contributed by atoms with Gasteiger partial charge in [-0.3, -0.25) is 0 Å². The van der Waals surface area contributed by atoms with Crippen molar-refractivity contribution in [2.75, 3.05) is 0 Å². The molecular formula is C41H25N3. The van der Waals surface area contributed by atoms with E-state index in [1.165, 1.54) is 37.9 Å². The van der Waals surface area contributed by atoms with Crippen LogP contribution in [0.15, 0.2) is 152 Å². The van der Waals surface area contributed by atoms with Crippen LogP contribution in [-0.4, -0.2) is 9.97 Å². The Bertz CT molecular complexity index is 2370. The summed E-state index contributed by atoms with van der Waals surface area (Å²) in [4.78, 5) is 9.93. The molecule has 0 radical (unpaired) electrons. The van der Waals surface area contributed by atoms with E-state index in [2.05, 4.69) is 97.1 Å². The normalized spacial score (nSPS) is 11.2. The van der Waals surface area contributed by atoms with E-state index in [1.807, 2.05) is 60.7 Å². The third-order valence-electron chi connectivity index (χ3n) is 8.31. The Labute approximate surface area is 255 Å². The maximum absolute atomic E-state index is 9.28. The van der Waals surface area contributed by atoms with E-state index in [4.69, 9.17) is 9.97 Å². The third kappa shape index (κ3) is 4.47. The molecule has 8 rings (SSSR count). The fourth-order valence-corrected chi connectivity index (χ4v) is 6.11. The van der Waals surface area contributed by atoms with Crippen LogP contribution in [0.2, 0.25) is 0 Å². The van der Waals surface area contributed by atoms with Gasteiger partial charge in [-0.15, -0.1) is 0 Å². The molecule has 0 amide bonds. The van der Waals surface area contributed by atoms with Gasteiger partial charge in [0.15, 0.2) is 5.82 Å². The van der Waals surface area contributed by atoms with Crippen LogP contribution in [0.1, 0.15) is 5.56 Å². The number of aromatic nitrogens is 2. The van der Waals surface area contributed by atoms with Gasteiger partial charge in [-0.05, 0) is 67.7 Å². The van der Waals surface area contributed by atoms with Crippen molar-refractivity contribution in [1.82, 2.24) is 9.97 Å². The zero-order valence-corrected chi connectivity index (χ0v) is 23.8. The highest BCUT2D eigenvalue weighted by atomic mass is 14.9. The monoisotopic (exact) mass is 559 g/mol. The van der Waals surface area contributed by atoms with Crippen molar-refractivity contribution in [2.45, 2.75) is 0 Å². The SMILES string of the molecule is N#Cc1ccc(-c2cc(-c3ccc(-c4c5ccccc5cc5c4ccc4ccccc45)cc3)nc(-c3ccccc3)n2)cc1. The zero-order valence-electron chi connectivity index (χ0n) is 23.8. The second-order valence-corrected chi connectivity index (χ2v) is 10.9. The molecule has 0 atom stereocenters. The molecule has 0 N–H and O–H groups in total. The lowest BCUT2D eigenvalue weighted by molar-refractivity contribution is 1.18. The van der Waals surface area contributed by atoms with E-state index in [0.29, 0.717) is 11.4 Å². The van der Waals surface area contributed by atoms with E-state index in [0.717, 1.165) is 33.6 Å². The number of rotatable bonds is 4. The van der Waals surface area contributed by atoms with Crippen molar-refractivity contribution in [2.24, 2.45) is 0 Å². The van der Waals surface area contributed by atoms with Crippen LogP contribution < -0.4 is 0 Å². The Morgan fingerprint density at radius 3 is 1.70 bits per heavy atom. The lowest BCUT2D eigenvalue weighted by Gasteiger charge is -2.15. The summed E-state index contributed by atoms with van der Waals surface area (Å²) in [6, 6.07) is 54.6. The van der Waals surface area contributed by atoms with Gasteiger partial charge in [0.2, 0.25) is 0 Å². The summed E-state index contributed by atoms with van der Waals surface area (Å²) in [5, 5.41) is 16.7. The number of nitrogens with zero attached hydrogens (tertiary/aromatic N) is 3. The Balaban J connectivity index is 1.29. The molecule has 204 valence electrons. The highest BCUT2D eigenvalue weighted by Crippen LogP contribution is 2.40. The lowest BCUT2D eigenvalue weighted by Crippen LogP contribution is -1.96. The molecule has 0 spiro atoms. The Morgan fingerprint density at radius 2 is 1.00 bits per heavy atom. The van der Waals surface area contributed by atoms with Crippen LogP contribution in [0, 0.1) is 11.3 Å². The molecule has 0 bridgehead atoms. The molecule has 0 saturated carbocycles. The molecule has 0 aliphatic rings. The Hall–Kier alpha value is -6.11. The summed E-state index contributed by atoms with van der Waals surface area (Å²) < 4.78 is 0. The topological polar surface area (TPSA) is 49.6 Å². The van der Waals surface area contributed by atoms with Crippen molar-refractivity contribution >= 4 is 32.3 Å². The van der Waals surface area contributed by atoms with E-state index in [-0.39, 0.29) is 0 Å². The number of benzene rings is 7. The van der Waals surface area contributed by atoms with Gasteiger partial charge in [-0.1, -0.05) is 127 Å². The van der Waals surface area contributed by atoms with Gasteiger partial charge in [-0.2, -0.15) is 5.26 Å². The van der Waals surface area contributed by atoms with E-state index in [1.54, 1.807) is 0 Å². The molecule has 3 nitrogen and oxygen atoms in total. The summed E-state index contributed by atoms with van der Waals surface area (Å²) >= 11 is 0. The van der Waals surface area contributed by atoms with Crippen LogP contribution in [0.4, 0.5) is 0 Å². The summed E-state index contributed by atoms with van der Waals surface area (Å²) in [5.41, 5.74) is 7.59. The maximum Gasteiger partial charge on any atom is 0.160 e. The molecule has 3 heteroatoms. The van der Waals surface area contributed by atoms with Crippen LogP contribution >= 0.6 is 0 Å². The second kappa shape index (κ2) is 10.6. The molecule has 0 saturated heterocycles. The van der Waals surface area contributed by atoms with Crippen molar-refractivity contribution in [3.8, 4) is 51.1 Å². The van der Waals surface area contributed by atoms with Gasteiger partial charge in [0.05, 0.1) is 23.0 Å². The summed E-state index contributed by atoms with van der Waals surface area (Å²) in [7, 11) is 0. The highest BCUT2D eigenvalue weighted by Gasteiger charge is 2.14. The highest BCUT2D eigenvalue weighted by molar-refractivity contribution is 6.20. The molecule has 0 aliphatic heterocycles. The molecule has 44 heavy (non-hydrogen) atoms. The minimum absolute atomic E-state index is 0.621. The number of hydrogen-bond acceptors (Lipinski definition) is 3. The molecule has 0 unspecified atom stereocenters. The number of fused-ring (bicyclic) bond motifs is 4. The zero-order chi connectivity index (χ0) is 29.5. The summed E-state index contributed by atoms with van der Waals surface area (Å²) in [6.07, 6.45) is 0. The standard InChI is InChI=1S/C41H25N3/c42-26-27-14-16-29(17-15-27)38-25-39(44-41(43-38)32-9-2-1-3-10-32)30-18-20-31(21-19-30)40-35-13-7-5-11-33(35)24-37-34-12-6-4-8-28(34)22-23-36(37)40/h1-25H. The Morgan fingerprint density at radius 1 is 0.409 bits per heavy atom. The molecule has 0 fully saturated rings. The molecule has 7 aromatic carbocycles. The maximum atomic E-state index is 9.28. The van der Waals surface area contributed by atoms with Crippen LogP contribution in [-0.2, 0) is 0 Å². The Kier molecular flexibility index (Phi) is 6.18. The van der Waals surface area contributed by atoms with Crippen LogP contribution in [0.25, 0.3) is 77.3 Å². The number of hydrogen-bond donors (Lipinski definition) is 0. The minimum Gasteiger partial charge on any atom is -0.228 e. The second-order valence-electron chi connectivity index (χ2n) is 10.9. The average molecular weight is 560 g/mol. The van der Waals surface area contributed by atoms with Gasteiger partial charge < -0.3 is 0 Å². The van der Waals surface area contributed by atoms with E-state index < -0.39 is 0 Å². The first-order chi connectivity index (χ1) is 21.7. The fraction of sp³-hybridized carbons (Fsp3) is 0. The van der Waals surface area contributed by atoms with Gasteiger partial charge in [0, 0.05) is 16.7 Å².